The maximum Gasteiger partial charge on any atom is 0.304 e. The molecule has 1 aliphatic carbocycles. The van der Waals surface area contributed by atoms with E-state index in [9.17, 15) is 4.79 Å². The molecule has 0 radical (unpaired) electrons. The van der Waals surface area contributed by atoms with E-state index in [1.165, 1.54) is 19.3 Å². The largest absolute Gasteiger partial charge is 0.481 e. The monoisotopic (exact) mass is 185 g/mol. The summed E-state index contributed by atoms with van der Waals surface area (Å²) in [6.07, 6.45) is 5.17. The zero-order valence-corrected chi connectivity index (χ0v) is 8.20. The molecular formula is C10H19NO2. The first kappa shape index (κ1) is 10.5. The molecule has 0 spiro atoms. The van der Waals surface area contributed by atoms with E-state index >= 15 is 0 Å². The molecule has 0 aliphatic heterocycles. The summed E-state index contributed by atoms with van der Waals surface area (Å²) in [5.41, 5.74) is 5.76. The lowest BCUT2D eigenvalue weighted by atomic mass is 9.77. The maximum absolute atomic E-state index is 10.4. The van der Waals surface area contributed by atoms with Crippen LogP contribution in [0.1, 0.15) is 39.0 Å². The molecule has 2 atom stereocenters. The molecule has 3 N–H and O–H groups in total. The second-order valence-electron chi connectivity index (χ2n) is 4.27. The Hall–Kier alpha value is -0.570. The molecule has 1 aliphatic rings. The molecule has 0 heterocycles. The van der Waals surface area contributed by atoms with Gasteiger partial charge in [0.1, 0.15) is 0 Å². The van der Waals surface area contributed by atoms with Gasteiger partial charge >= 0.3 is 5.97 Å². The minimum absolute atomic E-state index is 0.105. The lowest BCUT2D eigenvalue weighted by Gasteiger charge is -2.30. The van der Waals surface area contributed by atoms with E-state index < -0.39 is 5.97 Å². The minimum atomic E-state index is -0.784. The van der Waals surface area contributed by atoms with Gasteiger partial charge in [-0.2, -0.15) is 0 Å². The molecule has 0 unspecified atom stereocenters. The molecule has 0 aromatic carbocycles. The van der Waals surface area contributed by atoms with Gasteiger partial charge in [-0.15, -0.1) is 0 Å². The standard InChI is InChI=1S/C10H19NO2/c1-7(5-8-3-2-4-8)9(11)6-10(12)13/h7-9H,2-6,11H2,1H3,(H,12,13)/t7-,9-/m1/s1. The fraction of sp³-hybridized carbons (Fsp3) is 0.900. The number of carboxylic acid groups (broad SMARTS) is 1. The topological polar surface area (TPSA) is 63.3 Å². The van der Waals surface area contributed by atoms with Crippen molar-refractivity contribution in [1.29, 1.82) is 0 Å². The SMILES string of the molecule is C[C@H](CC1CCC1)[C@H](N)CC(=O)O. The average molecular weight is 185 g/mol. The number of hydrogen-bond donors (Lipinski definition) is 2. The first-order valence-electron chi connectivity index (χ1n) is 5.07. The second-order valence-corrected chi connectivity index (χ2v) is 4.27. The van der Waals surface area contributed by atoms with Gasteiger partial charge in [0.15, 0.2) is 0 Å². The summed E-state index contributed by atoms with van der Waals surface area (Å²) < 4.78 is 0. The zero-order valence-electron chi connectivity index (χ0n) is 8.20. The van der Waals surface area contributed by atoms with Crippen molar-refractivity contribution in [2.45, 2.75) is 45.1 Å². The van der Waals surface area contributed by atoms with E-state index in [1.54, 1.807) is 0 Å². The average Bonchev–Trinajstić information content (AvgIpc) is 1.94. The van der Waals surface area contributed by atoms with Crippen LogP contribution in [-0.4, -0.2) is 17.1 Å². The van der Waals surface area contributed by atoms with Crippen LogP contribution in [0.4, 0.5) is 0 Å². The van der Waals surface area contributed by atoms with Crippen LogP contribution in [0.3, 0.4) is 0 Å². The van der Waals surface area contributed by atoms with E-state index in [0.717, 1.165) is 12.3 Å². The van der Waals surface area contributed by atoms with E-state index in [1.807, 2.05) is 0 Å². The first-order chi connectivity index (χ1) is 6.09. The third-order valence-corrected chi connectivity index (χ3v) is 3.07. The summed E-state index contributed by atoms with van der Waals surface area (Å²) >= 11 is 0. The van der Waals surface area contributed by atoms with Gasteiger partial charge in [0.2, 0.25) is 0 Å². The van der Waals surface area contributed by atoms with Crippen LogP contribution in [0.25, 0.3) is 0 Å². The van der Waals surface area contributed by atoms with Crippen molar-refractivity contribution < 1.29 is 9.90 Å². The van der Waals surface area contributed by atoms with E-state index in [-0.39, 0.29) is 12.5 Å². The molecule has 0 saturated heterocycles. The Bertz CT molecular complexity index is 178. The highest BCUT2D eigenvalue weighted by atomic mass is 16.4. The minimum Gasteiger partial charge on any atom is -0.481 e. The number of carboxylic acids is 1. The highest BCUT2D eigenvalue weighted by Gasteiger charge is 2.23. The third kappa shape index (κ3) is 3.35. The van der Waals surface area contributed by atoms with Crippen LogP contribution in [0.15, 0.2) is 0 Å². The Morgan fingerprint density at radius 3 is 2.62 bits per heavy atom. The molecule has 0 amide bonds. The molecule has 0 aromatic rings. The van der Waals surface area contributed by atoms with Crippen molar-refractivity contribution >= 4 is 5.97 Å². The number of nitrogens with two attached hydrogens (primary N) is 1. The van der Waals surface area contributed by atoms with Crippen LogP contribution in [0.5, 0.6) is 0 Å². The lowest BCUT2D eigenvalue weighted by Crippen LogP contribution is -2.33. The maximum atomic E-state index is 10.4. The summed E-state index contributed by atoms with van der Waals surface area (Å²) in [5, 5.41) is 8.56. The van der Waals surface area contributed by atoms with Crippen molar-refractivity contribution in [3.63, 3.8) is 0 Å². The second kappa shape index (κ2) is 4.61. The molecule has 0 bridgehead atoms. The van der Waals surface area contributed by atoms with Crippen LogP contribution < -0.4 is 5.73 Å². The van der Waals surface area contributed by atoms with Crippen LogP contribution in [0, 0.1) is 11.8 Å². The summed E-state index contributed by atoms with van der Waals surface area (Å²) in [4.78, 5) is 10.4. The first-order valence-corrected chi connectivity index (χ1v) is 5.07. The Morgan fingerprint density at radius 2 is 2.23 bits per heavy atom. The van der Waals surface area contributed by atoms with E-state index in [2.05, 4.69) is 6.92 Å². The normalized spacial score (nSPS) is 22.0. The van der Waals surface area contributed by atoms with Crippen molar-refractivity contribution in [3.05, 3.63) is 0 Å². The summed E-state index contributed by atoms with van der Waals surface area (Å²) in [7, 11) is 0. The van der Waals surface area contributed by atoms with Gasteiger partial charge < -0.3 is 10.8 Å². The number of rotatable bonds is 5. The van der Waals surface area contributed by atoms with Gasteiger partial charge in [-0.05, 0) is 18.3 Å². The highest BCUT2D eigenvalue weighted by molar-refractivity contribution is 5.67. The van der Waals surface area contributed by atoms with Gasteiger partial charge in [-0.25, -0.2) is 0 Å². The highest BCUT2D eigenvalue weighted by Crippen LogP contribution is 2.33. The number of aliphatic carboxylic acids is 1. The molecule has 3 heteroatoms. The van der Waals surface area contributed by atoms with Gasteiger partial charge in [-0.3, -0.25) is 4.79 Å². The molecule has 76 valence electrons. The van der Waals surface area contributed by atoms with Gasteiger partial charge in [0.25, 0.3) is 0 Å². The van der Waals surface area contributed by atoms with Crippen LogP contribution in [0.2, 0.25) is 0 Å². The third-order valence-electron chi connectivity index (χ3n) is 3.07. The summed E-state index contributed by atoms with van der Waals surface area (Å²) in [6.45, 7) is 2.06. The molecule has 0 aromatic heterocycles. The zero-order chi connectivity index (χ0) is 9.84. The molecule has 1 rings (SSSR count). The number of hydrogen-bond acceptors (Lipinski definition) is 2. The van der Waals surface area contributed by atoms with E-state index in [4.69, 9.17) is 10.8 Å². The van der Waals surface area contributed by atoms with Crippen molar-refractivity contribution in [1.82, 2.24) is 0 Å². The molecule has 1 fully saturated rings. The predicted molar refractivity (Wildman–Crippen MR) is 51.4 cm³/mol. The van der Waals surface area contributed by atoms with Gasteiger partial charge in [-0.1, -0.05) is 26.2 Å². The molecule has 13 heavy (non-hydrogen) atoms. The summed E-state index contributed by atoms with van der Waals surface area (Å²) in [6, 6.07) is -0.168. The predicted octanol–water partition coefficient (Wildman–Crippen LogP) is 1.61. The fourth-order valence-electron chi connectivity index (χ4n) is 1.83. The van der Waals surface area contributed by atoms with Crippen LogP contribution >= 0.6 is 0 Å². The number of carbonyl (C=O) groups is 1. The van der Waals surface area contributed by atoms with Gasteiger partial charge in [0.05, 0.1) is 6.42 Å². The molecular weight excluding hydrogens is 166 g/mol. The Morgan fingerprint density at radius 1 is 1.62 bits per heavy atom. The fourth-order valence-corrected chi connectivity index (χ4v) is 1.83. The van der Waals surface area contributed by atoms with E-state index in [0.29, 0.717) is 5.92 Å². The molecule has 1 saturated carbocycles. The van der Waals surface area contributed by atoms with Crippen molar-refractivity contribution in [2.24, 2.45) is 17.6 Å². The molecule has 3 nitrogen and oxygen atoms in total. The smallest absolute Gasteiger partial charge is 0.304 e. The Kier molecular flexibility index (Phi) is 3.72. The van der Waals surface area contributed by atoms with Crippen LogP contribution in [-0.2, 0) is 4.79 Å². The van der Waals surface area contributed by atoms with Gasteiger partial charge in [0, 0.05) is 6.04 Å². The Balaban J connectivity index is 2.20. The van der Waals surface area contributed by atoms with Crippen molar-refractivity contribution in [2.75, 3.05) is 0 Å². The Labute approximate surface area is 79.3 Å². The lowest BCUT2D eigenvalue weighted by molar-refractivity contribution is -0.137. The van der Waals surface area contributed by atoms with Crippen molar-refractivity contribution in [3.8, 4) is 0 Å². The summed E-state index contributed by atoms with van der Waals surface area (Å²) in [5.74, 6) is 0.379. The quantitative estimate of drug-likeness (QED) is 0.684.